The third-order valence-electron chi connectivity index (χ3n) is 4.09. The van der Waals surface area contributed by atoms with Crippen LogP contribution in [-0.4, -0.2) is 34.1 Å². The van der Waals surface area contributed by atoms with Crippen molar-refractivity contribution in [3.05, 3.63) is 30.2 Å². The topological polar surface area (TPSA) is 21.1 Å². The maximum atomic E-state index is 4.22. The molecule has 1 saturated heterocycles. The van der Waals surface area contributed by atoms with Gasteiger partial charge in [-0.1, -0.05) is 0 Å². The second kappa shape index (κ2) is 3.84. The summed E-state index contributed by atoms with van der Waals surface area (Å²) in [6.45, 7) is 5.62. The van der Waals surface area contributed by atoms with Crippen molar-refractivity contribution in [3.8, 4) is 0 Å². The number of nitrogens with zero attached hydrogens (tertiary/aromatic N) is 3. The first-order valence-corrected chi connectivity index (χ1v) is 6.28. The van der Waals surface area contributed by atoms with Crippen LogP contribution in [-0.2, 0) is 0 Å². The SMILES string of the molecule is Cc1cn(C2C[C@@H](C)N(C)C2)c2ccncc12. The zero-order valence-electron chi connectivity index (χ0n) is 10.7. The quantitative estimate of drug-likeness (QED) is 0.749. The van der Waals surface area contributed by atoms with E-state index in [2.05, 4.69) is 47.6 Å². The summed E-state index contributed by atoms with van der Waals surface area (Å²) in [6.07, 6.45) is 7.38. The first kappa shape index (κ1) is 10.8. The van der Waals surface area contributed by atoms with Crippen LogP contribution in [0.4, 0.5) is 0 Å². The summed E-state index contributed by atoms with van der Waals surface area (Å²) in [5, 5.41) is 1.29. The van der Waals surface area contributed by atoms with Gasteiger partial charge in [0.05, 0.1) is 5.52 Å². The minimum atomic E-state index is 0.605. The number of aryl methyl sites for hydroxylation is 1. The van der Waals surface area contributed by atoms with E-state index < -0.39 is 0 Å². The number of likely N-dealkylation sites (tertiary alicyclic amines) is 1. The van der Waals surface area contributed by atoms with Gasteiger partial charge in [-0.3, -0.25) is 4.98 Å². The Morgan fingerprint density at radius 1 is 1.41 bits per heavy atom. The van der Waals surface area contributed by atoms with Crippen LogP contribution in [0.1, 0.15) is 24.9 Å². The summed E-state index contributed by atoms with van der Waals surface area (Å²) in [7, 11) is 2.21. The summed E-state index contributed by atoms with van der Waals surface area (Å²) >= 11 is 0. The number of fused-ring (bicyclic) bond motifs is 1. The second-order valence-corrected chi connectivity index (χ2v) is 5.29. The molecule has 0 aliphatic carbocycles. The van der Waals surface area contributed by atoms with Crippen molar-refractivity contribution in [1.29, 1.82) is 0 Å². The number of hydrogen-bond donors (Lipinski definition) is 0. The average molecular weight is 229 g/mol. The van der Waals surface area contributed by atoms with Gasteiger partial charge >= 0.3 is 0 Å². The highest BCUT2D eigenvalue weighted by molar-refractivity contribution is 5.82. The number of hydrogen-bond acceptors (Lipinski definition) is 2. The summed E-state index contributed by atoms with van der Waals surface area (Å²) in [6, 6.07) is 3.42. The van der Waals surface area contributed by atoms with Gasteiger partial charge in [-0.25, -0.2) is 0 Å². The van der Waals surface area contributed by atoms with Gasteiger partial charge in [0, 0.05) is 42.6 Å². The van der Waals surface area contributed by atoms with Crippen LogP contribution in [0.25, 0.3) is 10.9 Å². The third-order valence-corrected chi connectivity index (χ3v) is 4.09. The lowest BCUT2D eigenvalue weighted by Gasteiger charge is -2.14. The zero-order chi connectivity index (χ0) is 12.0. The van der Waals surface area contributed by atoms with Gasteiger partial charge in [-0.2, -0.15) is 0 Å². The van der Waals surface area contributed by atoms with Gasteiger partial charge in [0.1, 0.15) is 0 Å². The molecule has 0 aromatic carbocycles. The Kier molecular flexibility index (Phi) is 2.44. The Hall–Kier alpha value is -1.35. The van der Waals surface area contributed by atoms with Crippen molar-refractivity contribution in [1.82, 2.24) is 14.5 Å². The predicted molar refractivity (Wildman–Crippen MR) is 70.2 cm³/mol. The number of rotatable bonds is 1. The summed E-state index contributed by atoms with van der Waals surface area (Å²) < 4.78 is 2.44. The molecule has 0 spiro atoms. The first-order valence-electron chi connectivity index (χ1n) is 6.28. The van der Waals surface area contributed by atoms with E-state index in [1.807, 2.05) is 12.4 Å². The van der Waals surface area contributed by atoms with Crippen LogP contribution < -0.4 is 0 Å². The Morgan fingerprint density at radius 2 is 2.24 bits per heavy atom. The van der Waals surface area contributed by atoms with E-state index in [-0.39, 0.29) is 0 Å². The molecule has 3 heterocycles. The number of aromatic nitrogens is 2. The molecule has 2 aromatic heterocycles. The summed E-state index contributed by atoms with van der Waals surface area (Å²) in [5.74, 6) is 0. The molecule has 2 atom stereocenters. The van der Waals surface area contributed by atoms with Gasteiger partial charge in [0.15, 0.2) is 0 Å². The average Bonchev–Trinajstić information content (AvgIpc) is 2.82. The highest BCUT2D eigenvalue weighted by atomic mass is 15.2. The fourth-order valence-electron chi connectivity index (χ4n) is 2.93. The number of pyridine rings is 1. The zero-order valence-corrected chi connectivity index (χ0v) is 10.7. The lowest BCUT2D eigenvalue weighted by molar-refractivity contribution is 0.325. The molecule has 1 fully saturated rings. The Morgan fingerprint density at radius 3 is 2.94 bits per heavy atom. The molecule has 1 aliphatic rings. The molecule has 1 aliphatic heterocycles. The maximum absolute atomic E-state index is 4.22. The van der Waals surface area contributed by atoms with E-state index in [0.717, 1.165) is 6.54 Å². The largest absolute Gasteiger partial charge is 0.343 e. The van der Waals surface area contributed by atoms with Crippen LogP contribution in [0.5, 0.6) is 0 Å². The normalized spacial score (nSPS) is 25.8. The Bertz CT molecular complexity index is 533. The third kappa shape index (κ3) is 1.65. The van der Waals surface area contributed by atoms with Crippen molar-refractivity contribution in [2.75, 3.05) is 13.6 Å². The van der Waals surface area contributed by atoms with Gasteiger partial charge in [-0.05, 0) is 38.9 Å². The van der Waals surface area contributed by atoms with E-state index in [4.69, 9.17) is 0 Å². The molecule has 90 valence electrons. The van der Waals surface area contributed by atoms with Crippen LogP contribution in [0.15, 0.2) is 24.7 Å². The second-order valence-electron chi connectivity index (χ2n) is 5.29. The molecule has 17 heavy (non-hydrogen) atoms. The smallest absolute Gasteiger partial charge is 0.0517 e. The van der Waals surface area contributed by atoms with E-state index in [1.165, 1.54) is 22.9 Å². The molecule has 3 rings (SSSR count). The van der Waals surface area contributed by atoms with Gasteiger partial charge in [0.25, 0.3) is 0 Å². The number of likely N-dealkylation sites (N-methyl/N-ethyl adjacent to an activating group) is 1. The summed E-state index contributed by atoms with van der Waals surface area (Å²) in [4.78, 5) is 6.66. The van der Waals surface area contributed by atoms with Crippen LogP contribution in [0, 0.1) is 6.92 Å². The molecule has 0 amide bonds. The molecule has 1 unspecified atom stereocenters. The Labute approximate surface area is 102 Å². The van der Waals surface area contributed by atoms with Crippen LogP contribution in [0.2, 0.25) is 0 Å². The molecule has 0 radical (unpaired) electrons. The van der Waals surface area contributed by atoms with Crippen molar-refractivity contribution < 1.29 is 0 Å². The molecule has 0 N–H and O–H groups in total. The van der Waals surface area contributed by atoms with Crippen molar-refractivity contribution in [3.63, 3.8) is 0 Å². The highest BCUT2D eigenvalue weighted by Crippen LogP contribution is 2.30. The monoisotopic (exact) mass is 229 g/mol. The molecule has 3 heteroatoms. The molecular weight excluding hydrogens is 210 g/mol. The Balaban J connectivity index is 2.07. The lowest BCUT2D eigenvalue weighted by Crippen LogP contribution is -2.21. The standard InChI is InChI=1S/C14H19N3/c1-10-8-17(12-6-11(2)16(3)9-12)14-4-5-15-7-13(10)14/h4-5,7-8,11-12H,6,9H2,1-3H3/t11-,12?/m1/s1. The van der Waals surface area contributed by atoms with Gasteiger partial charge in [0.2, 0.25) is 0 Å². The molecule has 0 bridgehead atoms. The predicted octanol–water partition coefficient (Wildman–Crippen LogP) is 2.61. The van der Waals surface area contributed by atoms with E-state index >= 15 is 0 Å². The first-order chi connectivity index (χ1) is 8.16. The van der Waals surface area contributed by atoms with Crippen molar-refractivity contribution in [2.45, 2.75) is 32.4 Å². The summed E-state index contributed by atoms with van der Waals surface area (Å²) in [5.41, 5.74) is 2.65. The highest BCUT2D eigenvalue weighted by Gasteiger charge is 2.28. The van der Waals surface area contributed by atoms with Crippen LogP contribution in [0.3, 0.4) is 0 Å². The van der Waals surface area contributed by atoms with E-state index in [9.17, 15) is 0 Å². The minimum Gasteiger partial charge on any atom is -0.343 e. The minimum absolute atomic E-state index is 0.605. The fourth-order valence-corrected chi connectivity index (χ4v) is 2.93. The fraction of sp³-hybridized carbons (Fsp3) is 0.500. The van der Waals surface area contributed by atoms with Crippen molar-refractivity contribution in [2.24, 2.45) is 0 Å². The van der Waals surface area contributed by atoms with Crippen LogP contribution >= 0.6 is 0 Å². The van der Waals surface area contributed by atoms with E-state index in [1.54, 1.807) is 0 Å². The molecule has 0 saturated carbocycles. The van der Waals surface area contributed by atoms with Gasteiger partial charge < -0.3 is 9.47 Å². The molecular formula is C14H19N3. The van der Waals surface area contributed by atoms with Gasteiger partial charge in [-0.15, -0.1) is 0 Å². The molecule has 2 aromatic rings. The molecule has 3 nitrogen and oxygen atoms in total. The maximum Gasteiger partial charge on any atom is 0.0517 e. The van der Waals surface area contributed by atoms with E-state index in [0.29, 0.717) is 12.1 Å². The lowest BCUT2D eigenvalue weighted by atomic mass is 10.2. The van der Waals surface area contributed by atoms with Crippen molar-refractivity contribution >= 4 is 10.9 Å².